The Bertz CT molecular complexity index is 222. The van der Waals surface area contributed by atoms with Gasteiger partial charge in [-0.05, 0) is 13.0 Å². The topological polar surface area (TPSA) is 48.1 Å². The van der Waals surface area contributed by atoms with Crippen LogP contribution in [0, 0.1) is 0 Å². The molecule has 0 amide bonds. The van der Waals surface area contributed by atoms with Crippen LogP contribution in [-0.4, -0.2) is 10.5 Å². The third-order valence-electron chi connectivity index (χ3n) is 1.04. The number of rotatable bonds is 2. The zero-order valence-electron chi connectivity index (χ0n) is 6.12. The number of anilines is 1. The highest BCUT2D eigenvalue weighted by molar-refractivity contribution is 6.19. The van der Waals surface area contributed by atoms with Crippen LogP contribution in [-0.2, 0) is 0 Å². The van der Waals surface area contributed by atoms with Crippen LogP contribution in [0.25, 0.3) is 0 Å². The summed E-state index contributed by atoms with van der Waals surface area (Å²) in [6.45, 7) is 1.72. The standard InChI is InChI=1S/C7H9ClN2O/c1-5(8)11-7-3-2-6(9)4-10-7/h2-5H,9H2,1H3. The lowest BCUT2D eigenvalue weighted by Gasteiger charge is -2.05. The number of alkyl halides is 1. The average Bonchev–Trinajstić information content (AvgIpc) is 1.93. The zero-order chi connectivity index (χ0) is 8.27. The Balaban J connectivity index is 2.66. The second-order valence-electron chi connectivity index (χ2n) is 2.09. The molecule has 0 aromatic carbocycles. The molecule has 0 saturated carbocycles. The number of hydrogen-bond donors (Lipinski definition) is 1. The van der Waals surface area contributed by atoms with Crippen LogP contribution in [0.5, 0.6) is 5.88 Å². The Morgan fingerprint density at radius 2 is 2.36 bits per heavy atom. The molecule has 1 aromatic heterocycles. The SMILES string of the molecule is CC(Cl)Oc1ccc(N)cn1. The van der Waals surface area contributed by atoms with Gasteiger partial charge in [-0.3, -0.25) is 0 Å². The zero-order valence-corrected chi connectivity index (χ0v) is 6.88. The third-order valence-corrected chi connectivity index (χ3v) is 1.13. The van der Waals surface area contributed by atoms with E-state index in [4.69, 9.17) is 22.1 Å². The number of nitrogens with zero attached hydrogens (tertiary/aromatic N) is 1. The van der Waals surface area contributed by atoms with Crippen molar-refractivity contribution in [3.05, 3.63) is 18.3 Å². The minimum atomic E-state index is -0.369. The van der Waals surface area contributed by atoms with Gasteiger partial charge >= 0.3 is 0 Å². The summed E-state index contributed by atoms with van der Waals surface area (Å²) in [7, 11) is 0. The molecule has 1 heterocycles. The van der Waals surface area contributed by atoms with Gasteiger partial charge in [0.2, 0.25) is 5.88 Å². The summed E-state index contributed by atoms with van der Waals surface area (Å²) in [5, 5.41) is 0. The monoisotopic (exact) mass is 172 g/mol. The Hall–Kier alpha value is -0.960. The molecule has 60 valence electrons. The van der Waals surface area contributed by atoms with Gasteiger partial charge in [0.1, 0.15) is 0 Å². The maximum atomic E-state index is 5.56. The highest BCUT2D eigenvalue weighted by Crippen LogP contribution is 2.11. The molecule has 3 nitrogen and oxygen atoms in total. The normalized spacial score (nSPS) is 12.5. The number of aromatic nitrogens is 1. The van der Waals surface area contributed by atoms with Gasteiger partial charge in [-0.15, -0.1) is 0 Å². The molecular weight excluding hydrogens is 164 g/mol. The van der Waals surface area contributed by atoms with Gasteiger partial charge < -0.3 is 10.5 Å². The van der Waals surface area contributed by atoms with E-state index < -0.39 is 0 Å². The summed E-state index contributed by atoms with van der Waals surface area (Å²) in [5.41, 5.74) is 5.65. The minimum absolute atomic E-state index is 0.369. The average molecular weight is 173 g/mol. The first kappa shape index (κ1) is 8.14. The molecular formula is C7H9ClN2O. The molecule has 0 fully saturated rings. The first-order chi connectivity index (χ1) is 5.18. The molecule has 1 unspecified atom stereocenters. The lowest BCUT2D eigenvalue weighted by atomic mass is 10.4. The molecule has 1 rings (SSSR count). The summed E-state index contributed by atoms with van der Waals surface area (Å²) < 4.78 is 5.07. The van der Waals surface area contributed by atoms with Crippen LogP contribution in [0.15, 0.2) is 18.3 Å². The number of halogens is 1. The van der Waals surface area contributed by atoms with Crippen molar-refractivity contribution in [2.75, 3.05) is 5.73 Å². The van der Waals surface area contributed by atoms with Crippen LogP contribution in [0.4, 0.5) is 5.69 Å². The number of nitrogens with two attached hydrogens (primary N) is 1. The van der Waals surface area contributed by atoms with Crippen molar-refractivity contribution in [2.24, 2.45) is 0 Å². The fourth-order valence-electron chi connectivity index (χ4n) is 0.628. The summed E-state index contributed by atoms with van der Waals surface area (Å²) in [6.07, 6.45) is 1.52. The molecule has 11 heavy (non-hydrogen) atoms. The molecule has 0 aliphatic rings. The van der Waals surface area contributed by atoms with E-state index in [1.165, 1.54) is 6.20 Å². The highest BCUT2D eigenvalue weighted by atomic mass is 35.5. The van der Waals surface area contributed by atoms with Crippen molar-refractivity contribution in [3.63, 3.8) is 0 Å². The molecule has 1 aromatic rings. The third kappa shape index (κ3) is 2.63. The van der Waals surface area contributed by atoms with Crippen molar-refractivity contribution in [2.45, 2.75) is 12.5 Å². The maximum Gasteiger partial charge on any atom is 0.214 e. The molecule has 1 atom stereocenters. The van der Waals surface area contributed by atoms with Crippen LogP contribution < -0.4 is 10.5 Å². The smallest absolute Gasteiger partial charge is 0.214 e. The maximum absolute atomic E-state index is 5.56. The van der Waals surface area contributed by atoms with E-state index in [-0.39, 0.29) is 5.56 Å². The Labute approximate surface area is 70.1 Å². The van der Waals surface area contributed by atoms with E-state index in [1.807, 2.05) is 0 Å². The first-order valence-corrected chi connectivity index (χ1v) is 3.64. The van der Waals surface area contributed by atoms with Gasteiger partial charge in [0.05, 0.1) is 11.9 Å². The molecule has 0 aliphatic carbocycles. The molecule has 0 aliphatic heterocycles. The second kappa shape index (κ2) is 3.44. The molecule has 0 saturated heterocycles. The Morgan fingerprint density at radius 3 is 2.82 bits per heavy atom. The Kier molecular flexibility index (Phi) is 2.54. The van der Waals surface area contributed by atoms with E-state index >= 15 is 0 Å². The Morgan fingerprint density at radius 1 is 1.64 bits per heavy atom. The largest absolute Gasteiger partial charge is 0.458 e. The summed E-state index contributed by atoms with van der Waals surface area (Å²) in [6, 6.07) is 3.38. The predicted molar refractivity (Wildman–Crippen MR) is 44.6 cm³/mol. The van der Waals surface area contributed by atoms with E-state index in [0.29, 0.717) is 11.6 Å². The summed E-state index contributed by atoms with van der Waals surface area (Å²) >= 11 is 5.56. The predicted octanol–water partition coefficient (Wildman–Crippen LogP) is 1.63. The number of nitrogen functional groups attached to an aromatic ring is 1. The van der Waals surface area contributed by atoms with E-state index in [0.717, 1.165) is 0 Å². The highest BCUT2D eigenvalue weighted by Gasteiger charge is 1.98. The molecule has 0 spiro atoms. The fraction of sp³-hybridized carbons (Fsp3) is 0.286. The number of pyridine rings is 1. The van der Waals surface area contributed by atoms with Crippen molar-refractivity contribution in [1.29, 1.82) is 0 Å². The molecule has 0 radical (unpaired) electrons. The van der Waals surface area contributed by atoms with Crippen molar-refractivity contribution < 1.29 is 4.74 Å². The van der Waals surface area contributed by atoms with Crippen LogP contribution in [0.3, 0.4) is 0 Å². The van der Waals surface area contributed by atoms with E-state index in [9.17, 15) is 0 Å². The van der Waals surface area contributed by atoms with Gasteiger partial charge in [-0.2, -0.15) is 0 Å². The lowest BCUT2D eigenvalue weighted by molar-refractivity contribution is 0.289. The minimum Gasteiger partial charge on any atom is -0.458 e. The van der Waals surface area contributed by atoms with Crippen LogP contribution >= 0.6 is 11.6 Å². The van der Waals surface area contributed by atoms with Crippen LogP contribution in [0.1, 0.15) is 6.92 Å². The molecule has 0 bridgehead atoms. The fourth-order valence-corrected chi connectivity index (χ4v) is 0.719. The van der Waals surface area contributed by atoms with Gasteiger partial charge in [0.25, 0.3) is 0 Å². The van der Waals surface area contributed by atoms with Gasteiger partial charge in [0.15, 0.2) is 5.56 Å². The van der Waals surface area contributed by atoms with Crippen molar-refractivity contribution in [3.8, 4) is 5.88 Å². The molecule has 4 heteroatoms. The van der Waals surface area contributed by atoms with E-state index in [2.05, 4.69) is 4.98 Å². The quantitative estimate of drug-likeness (QED) is 0.690. The van der Waals surface area contributed by atoms with Gasteiger partial charge in [0, 0.05) is 6.07 Å². The van der Waals surface area contributed by atoms with Gasteiger partial charge in [-0.1, -0.05) is 11.6 Å². The second-order valence-corrected chi connectivity index (χ2v) is 2.71. The van der Waals surface area contributed by atoms with Crippen molar-refractivity contribution in [1.82, 2.24) is 4.98 Å². The number of ether oxygens (including phenoxy) is 1. The van der Waals surface area contributed by atoms with Crippen LogP contribution in [0.2, 0.25) is 0 Å². The number of hydrogen-bond acceptors (Lipinski definition) is 3. The summed E-state index contributed by atoms with van der Waals surface area (Å²) in [5.74, 6) is 0.488. The first-order valence-electron chi connectivity index (χ1n) is 3.21. The van der Waals surface area contributed by atoms with E-state index in [1.54, 1.807) is 19.1 Å². The summed E-state index contributed by atoms with van der Waals surface area (Å²) in [4.78, 5) is 3.89. The van der Waals surface area contributed by atoms with Crippen molar-refractivity contribution >= 4 is 17.3 Å². The lowest BCUT2D eigenvalue weighted by Crippen LogP contribution is -2.03. The molecule has 2 N–H and O–H groups in total. The van der Waals surface area contributed by atoms with Gasteiger partial charge in [-0.25, -0.2) is 4.98 Å².